The molecule has 4 aliphatic heterocycles. The summed E-state index contributed by atoms with van der Waals surface area (Å²) in [7, 11) is 0. The number of hydrogen-bond acceptors (Lipinski definition) is 10. The molecule has 0 amide bonds. The van der Waals surface area contributed by atoms with Crippen LogP contribution in [0.2, 0.25) is 5.02 Å². The van der Waals surface area contributed by atoms with Crippen LogP contribution in [0, 0.1) is 23.0 Å². The Bertz CT molecular complexity index is 1980. The van der Waals surface area contributed by atoms with Crippen molar-refractivity contribution >= 4 is 54.7 Å². The Morgan fingerprint density at radius 2 is 2.09 bits per heavy atom. The summed E-state index contributed by atoms with van der Waals surface area (Å²) >= 11 is 8.00. The molecule has 4 aliphatic rings. The fourth-order valence-electron chi connectivity index (χ4n) is 7.94. The molecule has 2 aromatic heterocycles. The maximum absolute atomic E-state index is 17.2. The van der Waals surface area contributed by atoms with Gasteiger partial charge in [-0.3, -0.25) is 4.90 Å². The Hall–Kier alpha value is -3.57. The van der Waals surface area contributed by atoms with Crippen molar-refractivity contribution in [2.75, 3.05) is 43.5 Å². The van der Waals surface area contributed by atoms with Crippen molar-refractivity contribution in [1.29, 1.82) is 5.26 Å². The lowest BCUT2D eigenvalue weighted by atomic mass is 9.95. The van der Waals surface area contributed by atoms with Gasteiger partial charge in [-0.15, -0.1) is 11.3 Å². The molecule has 6 heterocycles. The number of thiophene rings is 1. The SMILES string of the molecule is CC1Oc2c(Cl)c(-c3ccc(F)c4sc(N)c(C#N)c34)c(F)c3nc(OC[C@@]45CCCN4C[C@H](F)C5)nc(c23)N([C@@H]2CCOC2)C1C. The summed E-state index contributed by atoms with van der Waals surface area (Å²) in [6.45, 7) is 6.22. The third-order valence-corrected chi connectivity index (χ3v) is 11.7. The number of hydrogen-bond donors (Lipinski definition) is 1. The molecule has 8 rings (SSSR count). The summed E-state index contributed by atoms with van der Waals surface area (Å²) in [6, 6.07) is 4.25. The highest BCUT2D eigenvalue weighted by atomic mass is 35.5. The minimum atomic E-state index is -0.944. The number of aromatic nitrogens is 2. The minimum Gasteiger partial charge on any atom is -0.486 e. The van der Waals surface area contributed by atoms with E-state index >= 15 is 8.78 Å². The number of fused-ring (bicyclic) bond motifs is 2. The zero-order valence-corrected chi connectivity index (χ0v) is 27.4. The second kappa shape index (κ2) is 11.3. The molecular weight excluding hydrogens is 653 g/mol. The molecule has 14 heteroatoms. The van der Waals surface area contributed by atoms with Crippen molar-refractivity contribution in [1.82, 2.24) is 14.9 Å². The standard InChI is InChI=1S/C33H32ClF3N6O3S/c1-15-16(2)46-28-24-27(26(37)23(25(28)34)19-4-5-21(36)29-22(19)20(11-38)30(39)47-29)40-32(41-31(24)43(15)18-6-9-44-13-18)45-14-33-7-3-8-42(33)12-17(35)10-33/h4-5,15-18H,3,6-10,12-14,39H2,1-2H3/t15?,16?,17-,18-,33+/m1/s1. The summed E-state index contributed by atoms with van der Waals surface area (Å²) in [6.07, 6.45) is 1.42. The number of benzene rings is 2. The monoisotopic (exact) mass is 684 g/mol. The van der Waals surface area contributed by atoms with Crippen LogP contribution >= 0.6 is 22.9 Å². The summed E-state index contributed by atoms with van der Waals surface area (Å²) in [5.41, 5.74) is 5.65. The molecule has 2 aromatic carbocycles. The molecule has 3 saturated heterocycles. The van der Waals surface area contributed by atoms with Gasteiger partial charge >= 0.3 is 6.01 Å². The van der Waals surface area contributed by atoms with Crippen molar-refractivity contribution in [3.05, 3.63) is 34.4 Å². The lowest BCUT2D eigenvalue weighted by Crippen LogP contribution is -2.48. The van der Waals surface area contributed by atoms with Gasteiger partial charge in [0.2, 0.25) is 0 Å². The van der Waals surface area contributed by atoms with Gasteiger partial charge in [-0.25, -0.2) is 13.2 Å². The van der Waals surface area contributed by atoms with Crippen LogP contribution in [0.3, 0.4) is 0 Å². The topological polar surface area (TPSA) is 110 Å². The number of anilines is 2. The van der Waals surface area contributed by atoms with Gasteiger partial charge in [0.25, 0.3) is 0 Å². The van der Waals surface area contributed by atoms with Gasteiger partial charge in [-0.1, -0.05) is 17.7 Å². The fourth-order valence-corrected chi connectivity index (χ4v) is 9.21. The summed E-state index contributed by atoms with van der Waals surface area (Å²) in [4.78, 5) is 13.7. The Kier molecular flexibility index (Phi) is 7.36. The lowest BCUT2D eigenvalue weighted by Gasteiger charge is -2.36. The summed E-state index contributed by atoms with van der Waals surface area (Å²) < 4.78 is 65.5. The highest BCUT2D eigenvalue weighted by molar-refractivity contribution is 7.23. The van der Waals surface area contributed by atoms with E-state index in [0.29, 0.717) is 32.0 Å². The van der Waals surface area contributed by atoms with Crippen molar-refractivity contribution in [3.63, 3.8) is 0 Å². The second-order valence-corrected chi connectivity index (χ2v) is 14.4. The van der Waals surface area contributed by atoms with E-state index in [4.69, 9.17) is 36.5 Å². The van der Waals surface area contributed by atoms with Gasteiger partial charge in [0.15, 0.2) is 11.6 Å². The average molecular weight is 685 g/mol. The number of nitriles is 1. The van der Waals surface area contributed by atoms with E-state index in [2.05, 4.69) is 14.8 Å². The van der Waals surface area contributed by atoms with Crippen LogP contribution in [-0.2, 0) is 4.74 Å². The number of nitrogen functional groups attached to an aromatic ring is 1. The van der Waals surface area contributed by atoms with Crippen LogP contribution in [0.15, 0.2) is 12.1 Å². The quantitative estimate of drug-likeness (QED) is 0.248. The highest BCUT2D eigenvalue weighted by Gasteiger charge is 2.49. The molecule has 246 valence electrons. The van der Waals surface area contributed by atoms with E-state index in [1.54, 1.807) is 0 Å². The fraction of sp³-hybridized carbons (Fsp3) is 0.485. The number of rotatable bonds is 5. The molecule has 9 nitrogen and oxygen atoms in total. The maximum atomic E-state index is 17.2. The minimum absolute atomic E-state index is 0.0340. The largest absolute Gasteiger partial charge is 0.486 e. The molecule has 3 fully saturated rings. The Balaban J connectivity index is 1.37. The number of ether oxygens (including phenoxy) is 3. The van der Waals surface area contributed by atoms with Crippen LogP contribution in [0.4, 0.5) is 24.0 Å². The first kappa shape index (κ1) is 30.7. The van der Waals surface area contributed by atoms with Gasteiger partial charge in [-0.2, -0.15) is 15.2 Å². The van der Waals surface area contributed by atoms with Gasteiger partial charge in [0.05, 0.1) is 44.9 Å². The molecule has 0 bridgehead atoms. The molecular formula is C33H32ClF3N6O3S. The molecule has 2 unspecified atom stereocenters. The van der Waals surface area contributed by atoms with Crippen molar-refractivity contribution in [2.24, 2.45) is 0 Å². The second-order valence-electron chi connectivity index (χ2n) is 13.0. The van der Waals surface area contributed by atoms with Gasteiger partial charge < -0.3 is 24.8 Å². The van der Waals surface area contributed by atoms with Crippen molar-refractivity contribution in [2.45, 2.75) is 69.4 Å². The maximum Gasteiger partial charge on any atom is 0.319 e. The van der Waals surface area contributed by atoms with Gasteiger partial charge in [0.1, 0.15) is 47.1 Å². The van der Waals surface area contributed by atoms with Crippen LogP contribution < -0.4 is 20.1 Å². The normalized spacial score (nSPS) is 27.3. The van der Waals surface area contributed by atoms with Crippen molar-refractivity contribution < 1.29 is 27.4 Å². The molecule has 2 N–H and O–H groups in total. The third kappa shape index (κ3) is 4.63. The number of nitrogens with two attached hydrogens (primary N) is 1. The van der Waals surface area contributed by atoms with E-state index in [9.17, 15) is 9.65 Å². The van der Waals surface area contributed by atoms with E-state index < -0.39 is 29.4 Å². The smallest absolute Gasteiger partial charge is 0.319 e. The number of alkyl halides is 1. The zero-order chi connectivity index (χ0) is 32.8. The van der Waals surface area contributed by atoms with Gasteiger partial charge in [-0.05, 0) is 51.3 Å². The first-order valence-electron chi connectivity index (χ1n) is 15.8. The highest BCUT2D eigenvalue weighted by Crippen LogP contribution is 2.52. The third-order valence-electron chi connectivity index (χ3n) is 10.3. The zero-order valence-electron chi connectivity index (χ0n) is 25.8. The van der Waals surface area contributed by atoms with E-state index in [0.717, 1.165) is 37.1 Å². The first-order chi connectivity index (χ1) is 22.6. The van der Waals surface area contributed by atoms with Gasteiger partial charge in [0, 0.05) is 30.5 Å². The predicted octanol–water partition coefficient (Wildman–Crippen LogP) is 6.62. The van der Waals surface area contributed by atoms with E-state index in [1.165, 1.54) is 12.1 Å². The van der Waals surface area contributed by atoms with Crippen LogP contribution in [0.1, 0.15) is 45.1 Å². The predicted molar refractivity (Wildman–Crippen MR) is 174 cm³/mol. The first-order valence-corrected chi connectivity index (χ1v) is 17.0. The lowest BCUT2D eigenvalue weighted by molar-refractivity contribution is 0.107. The molecule has 0 spiro atoms. The van der Waals surface area contributed by atoms with Crippen LogP contribution in [-0.4, -0.2) is 77.7 Å². The molecule has 0 aliphatic carbocycles. The van der Waals surface area contributed by atoms with E-state index in [-0.39, 0.29) is 78.2 Å². The molecule has 0 radical (unpaired) electrons. The number of nitrogens with zero attached hydrogens (tertiary/aromatic N) is 5. The number of halogens is 4. The van der Waals surface area contributed by atoms with E-state index in [1.807, 2.05) is 19.9 Å². The summed E-state index contributed by atoms with van der Waals surface area (Å²) in [5.74, 6) is -0.815. The van der Waals surface area contributed by atoms with Crippen molar-refractivity contribution in [3.8, 4) is 29.0 Å². The molecule has 47 heavy (non-hydrogen) atoms. The Morgan fingerprint density at radius 1 is 1.26 bits per heavy atom. The Labute approximate surface area is 278 Å². The van der Waals surface area contributed by atoms with Crippen LogP contribution in [0.25, 0.3) is 32.1 Å². The molecule has 0 saturated carbocycles. The molecule has 4 aromatic rings. The Morgan fingerprint density at radius 3 is 2.85 bits per heavy atom. The molecule has 5 atom stereocenters. The van der Waals surface area contributed by atoms with Crippen LogP contribution in [0.5, 0.6) is 11.8 Å². The average Bonchev–Trinajstić information content (AvgIpc) is 3.82. The summed E-state index contributed by atoms with van der Waals surface area (Å²) in [5, 5.41) is 10.4.